The number of nitrogens with one attached hydrogen (secondary N) is 1. The first kappa shape index (κ1) is 23.2. The number of rotatable bonds is 5. The van der Waals surface area contributed by atoms with Gasteiger partial charge in [0.1, 0.15) is 11.5 Å². The Labute approximate surface area is 172 Å². The third kappa shape index (κ3) is 7.40. The average Bonchev–Trinajstić information content (AvgIpc) is 3.24. The second-order valence-corrected chi connectivity index (χ2v) is 6.69. The normalized spacial score (nSPS) is 15.7. The lowest BCUT2D eigenvalue weighted by molar-refractivity contribution is -0.192. The smallest absolute Gasteiger partial charge is 0.475 e. The Bertz CT molecular complexity index is 820. The van der Waals surface area contributed by atoms with Crippen LogP contribution in [0.1, 0.15) is 12.0 Å². The quantitative estimate of drug-likeness (QED) is 0.769. The molecule has 1 aliphatic heterocycles. The number of ether oxygens (including phenoxy) is 1. The summed E-state index contributed by atoms with van der Waals surface area (Å²) in [4.78, 5) is 23.1. The van der Waals surface area contributed by atoms with Crippen molar-refractivity contribution in [3.63, 3.8) is 0 Å². The summed E-state index contributed by atoms with van der Waals surface area (Å²) >= 11 is 0. The molecule has 1 saturated heterocycles. The molecule has 30 heavy (non-hydrogen) atoms. The van der Waals surface area contributed by atoms with Crippen LogP contribution in [0.25, 0.3) is 0 Å². The first-order valence-electron chi connectivity index (χ1n) is 9.25. The summed E-state index contributed by atoms with van der Waals surface area (Å²) in [6.45, 7) is 1.89. The largest absolute Gasteiger partial charge is 0.490 e. The molecule has 2 aromatic carbocycles. The van der Waals surface area contributed by atoms with Gasteiger partial charge < -0.3 is 20.1 Å². The number of hydrogen-bond donors (Lipinski definition) is 2. The number of amides is 1. The number of aliphatic carboxylic acids is 1. The number of para-hydroxylation sites is 1. The summed E-state index contributed by atoms with van der Waals surface area (Å²) in [5, 5.41) is 10.4. The maximum absolute atomic E-state index is 12.3. The molecule has 162 valence electrons. The molecule has 9 heteroatoms. The van der Waals surface area contributed by atoms with Crippen molar-refractivity contribution >= 4 is 11.9 Å². The summed E-state index contributed by atoms with van der Waals surface area (Å²) in [5.74, 6) is -1.01. The van der Waals surface area contributed by atoms with Crippen molar-refractivity contribution in [2.24, 2.45) is 0 Å². The van der Waals surface area contributed by atoms with Crippen LogP contribution in [0, 0.1) is 0 Å². The molecule has 1 fully saturated rings. The predicted octanol–water partition coefficient (Wildman–Crippen LogP) is 3.48. The summed E-state index contributed by atoms with van der Waals surface area (Å²) in [6, 6.07) is 17.7. The molecule has 0 aromatic heterocycles. The SMILES string of the molecule is CN(C(=O)Cc1ccc(Oc2ccccc2)cc1)[C@@H]1CCNC1.O=C(O)C(F)(F)F. The highest BCUT2D eigenvalue weighted by Crippen LogP contribution is 2.21. The van der Waals surface area contributed by atoms with Crippen molar-refractivity contribution in [2.45, 2.75) is 25.1 Å². The molecule has 0 bridgehead atoms. The summed E-state index contributed by atoms with van der Waals surface area (Å²) < 4.78 is 37.5. The van der Waals surface area contributed by atoms with Gasteiger partial charge >= 0.3 is 12.1 Å². The Hall–Kier alpha value is -3.07. The topological polar surface area (TPSA) is 78.9 Å². The van der Waals surface area contributed by atoms with Crippen molar-refractivity contribution < 1.29 is 32.6 Å². The lowest BCUT2D eigenvalue weighted by Crippen LogP contribution is -2.39. The average molecular weight is 424 g/mol. The number of carboxylic acid groups (broad SMARTS) is 1. The minimum atomic E-state index is -5.08. The molecule has 2 aromatic rings. The van der Waals surface area contributed by atoms with Gasteiger partial charge in [0.15, 0.2) is 0 Å². The van der Waals surface area contributed by atoms with Crippen LogP contribution >= 0.6 is 0 Å². The fourth-order valence-electron chi connectivity index (χ4n) is 2.77. The fraction of sp³-hybridized carbons (Fsp3) is 0.333. The molecule has 0 saturated carbocycles. The molecule has 1 atom stereocenters. The molecular weight excluding hydrogens is 401 g/mol. The predicted molar refractivity (Wildman–Crippen MR) is 104 cm³/mol. The van der Waals surface area contributed by atoms with Crippen molar-refractivity contribution in [3.05, 3.63) is 60.2 Å². The first-order valence-corrected chi connectivity index (χ1v) is 9.25. The van der Waals surface area contributed by atoms with Crippen LogP contribution in [0.4, 0.5) is 13.2 Å². The van der Waals surface area contributed by atoms with Gasteiger partial charge in [-0.2, -0.15) is 13.2 Å². The van der Waals surface area contributed by atoms with E-state index in [1.54, 1.807) is 0 Å². The number of likely N-dealkylation sites (N-methyl/N-ethyl adjacent to an activating group) is 1. The molecule has 1 aliphatic rings. The number of halogens is 3. The lowest BCUT2D eigenvalue weighted by atomic mass is 10.1. The highest BCUT2D eigenvalue weighted by Gasteiger charge is 2.38. The van der Waals surface area contributed by atoms with Gasteiger partial charge in [-0.05, 0) is 42.8 Å². The molecule has 0 spiro atoms. The maximum atomic E-state index is 12.3. The number of hydrogen-bond acceptors (Lipinski definition) is 4. The van der Waals surface area contributed by atoms with E-state index in [0.29, 0.717) is 12.5 Å². The summed E-state index contributed by atoms with van der Waals surface area (Å²) in [7, 11) is 1.90. The second kappa shape index (κ2) is 10.6. The van der Waals surface area contributed by atoms with E-state index in [2.05, 4.69) is 5.32 Å². The third-order valence-electron chi connectivity index (χ3n) is 4.48. The van der Waals surface area contributed by atoms with Crippen LogP contribution in [0.15, 0.2) is 54.6 Å². The van der Waals surface area contributed by atoms with Crippen LogP contribution in [0.5, 0.6) is 11.5 Å². The van der Waals surface area contributed by atoms with Crippen molar-refractivity contribution in [2.75, 3.05) is 20.1 Å². The van der Waals surface area contributed by atoms with E-state index in [0.717, 1.165) is 36.6 Å². The molecule has 0 aliphatic carbocycles. The van der Waals surface area contributed by atoms with Gasteiger partial charge in [0.2, 0.25) is 5.91 Å². The zero-order chi connectivity index (χ0) is 22.1. The second-order valence-electron chi connectivity index (χ2n) is 6.69. The number of carbonyl (C=O) groups is 2. The van der Waals surface area contributed by atoms with E-state index in [9.17, 15) is 18.0 Å². The molecule has 2 N–H and O–H groups in total. The Kier molecular flexibility index (Phi) is 8.23. The Morgan fingerprint density at radius 3 is 2.17 bits per heavy atom. The van der Waals surface area contributed by atoms with E-state index in [1.807, 2.05) is 66.5 Å². The van der Waals surface area contributed by atoms with Crippen LogP contribution in [-0.2, 0) is 16.0 Å². The summed E-state index contributed by atoms with van der Waals surface area (Å²) in [5.41, 5.74) is 1.01. The van der Waals surface area contributed by atoms with Gasteiger partial charge in [0.25, 0.3) is 0 Å². The van der Waals surface area contributed by atoms with Gasteiger partial charge in [-0.25, -0.2) is 4.79 Å². The van der Waals surface area contributed by atoms with Gasteiger partial charge in [-0.1, -0.05) is 30.3 Å². The number of carboxylic acids is 1. The Morgan fingerprint density at radius 1 is 1.10 bits per heavy atom. The summed E-state index contributed by atoms with van der Waals surface area (Å²) in [6.07, 6.45) is -3.62. The lowest BCUT2D eigenvalue weighted by Gasteiger charge is -2.23. The Balaban J connectivity index is 0.000000396. The van der Waals surface area contributed by atoms with Crippen LogP contribution in [-0.4, -0.2) is 54.2 Å². The van der Waals surface area contributed by atoms with E-state index in [4.69, 9.17) is 14.6 Å². The maximum Gasteiger partial charge on any atom is 0.490 e. The molecule has 0 unspecified atom stereocenters. The highest BCUT2D eigenvalue weighted by atomic mass is 19.4. The first-order chi connectivity index (χ1) is 14.2. The number of alkyl halides is 3. The van der Waals surface area contributed by atoms with Crippen molar-refractivity contribution in [3.8, 4) is 11.5 Å². The molecule has 1 heterocycles. The minimum Gasteiger partial charge on any atom is -0.475 e. The number of benzene rings is 2. The monoisotopic (exact) mass is 424 g/mol. The molecule has 6 nitrogen and oxygen atoms in total. The van der Waals surface area contributed by atoms with Gasteiger partial charge in [-0.3, -0.25) is 4.79 Å². The molecule has 3 rings (SSSR count). The standard InChI is InChI=1S/C19H22N2O2.C2HF3O2/c1-21(16-11-12-20-14-16)19(22)13-15-7-9-18(10-8-15)23-17-5-3-2-4-6-17;3-2(4,5)1(6)7/h2-10,16,20H,11-14H2,1H3;(H,6,7)/t16-;/m1./s1. The van der Waals surface area contributed by atoms with Gasteiger partial charge in [-0.15, -0.1) is 0 Å². The Morgan fingerprint density at radius 2 is 1.67 bits per heavy atom. The number of carbonyl (C=O) groups excluding carboxylic acids is 1. The van der Waals surface area contributed by atoms with E-state index in [-0.39, 0.29) is 5.91 Å². The van der Waals surface area contributed by atoms with Gasteiger partial charge in [0.05, 0.1) is 6.42 Å². The van der Waals surface area contributed by atoms with Crippen LogP contribution < -0.4 is 10.1 Å². The third-order valence-corrected chi connectivity index (χ3v) is 4.48. The van der Waals surface area contributed by atoms with Crippen molar-refractivity contribution in [1.82, 2.24) is 10.2 Å². The van der Waals surface area contributed by atoms with E-state index < -0.39 is 12.1 Å². The molecular formula is C21H23F3N2O4. The van der Waals surface area contributed by atoms with Crippen LogP contribution in [0.2, 0.25) is 0 Å². The minimum absolute atomic E-state index is 0.162. The van der Waals surface area contributed by atoms with E-state index in [1.165, 1.54) is 0 Å². The van der Waals surface area contributed by atoms with E-state index >= 15 is 0 Å². The highest BCUT2D eigenvalue weighted by molar-refractivity contribution is 5.79. The number of nitrogens with zero attached hydrogens (tertiary/aromatic N) is 1. The zero-order valence-electron chi connectivity index (χ0n) is 16.4. The zero-order valence-corrected chi connectivity index (χ0v) is 16.4. The molecule has 0 radical (unpaired) electrons. The van der Waals surface area contributed by atoms with Crippen LogP contribution in [0.3, 0.4) is 0 Å². The van der Waals surface area contributed by atoms with Crippen molar-refractivity contribution in [1.29, 1.82) is 0 Å². The molecule has 1 amide bonds. The fourth-order valence-corrected chi connectivity index (χ4v) is 2.77. The van der Waals surface area contributed by atoms with Gasteiger partial charge in [0, 0.05) is 19.6 Å².